The van der Waals surface area contributed by atoms with Crippen molar-refractivity contribution in [3.63, 3.8) is 0 Å². The Morgan fingerprint density at radius 1 is 1.04 bits per heavy atom. The van der Waals surface area contributed by atoms with E-state index in [1.54, 1.807) is 23.7 Å². The maximum atomic E-state index is 13.0. The number of phenols is 1. The van der Waals surface area contributed by atoms with E-state index in [0.29, 0.717) is 16.9 Å². The number of aromatic nitrogens is 1. The third kappa shape index (κ3) is 1.78. The van der Waals surface area contributed by atoms with Crippen molar-refractivity contribution in [1.29, 1.82) is 0 Å². The third-order valence-electron chi connectivity index (χ3n) is 4.99. The molecule has 0 unspecified atom stereocenters. The lowest BCUT2D eigenvalue weighted by Gasteiger charge is -2.14. The van der Waals surface area contributed by atoms with E-state index >= 15 is 0 Å². The fourth-order valence-corrected chi connectivity index (χ4v) is 3.72. The van der Waals surface area contributed by atoms with Gasteiger partial charge in [-0.15, -0.1) is 0 Å². The molecule has 0 fully saturated rings. The molecule has 0 radical (unpaired) electrons. The highest BCUT2D eigenvalue weighted by Gasteiger charge is 2.19. The Kier molecular flexibility index (Phi) is 2.89. The predicted octanol–water partition coefficient (Wildman–Crippen LogP) is 3.29. The summed E-state index contributed by atoms with van der Waals surface area (Å²) in [5.74, 6) is 1.50. The van der Waals surface area contributed by atoms with Crippen LogP contribution in [0.15, 0.2) is 41.2 Å². The van der Waals surface area contributed by atoms with E-state index in [0.717, 1.165) is 21.7 Å². The zero-order chi connectivity index (χ0) is 18.0. The molecule has 130 valence electrons. The van der Waals surface area contributed by atoms with Gasteiger partial charge in [0, 0.05) is 23.2 Å². The van der Waals surface area contributed by atoms with Gasteiger partial charge >= 0.3 is 0 Å². The first-order chi connectivity index (χ1) is 12.6. The van der Waals surface area contributed by atoms with Crippen molar-refractivity contribution in [3.8, 4) is 23.0 Å². The second-order valence-corrected chi connectivity index (χ2v) is 6.29. The largest absolute Gasteiger partial charge is 0.504 e. The minimum atomic E-state index is -0.283. The second-order valence-electron chi connectivity index (χ2n) is 6.29. The van der Waals surface area contributed by atoms with E-state index in [4.69, 9.17) is 14.2 Å². The lowest BCUT2D eigenvalue weighted by atomic mass is 10.00. The summed E-state index contributed by atoms with van der Waals surface area (Å²) in [5.41, 5.74) is 0.497. The Bertz CT molecular complexity index is 1290. The number of methoxy groups -OCH3 is 1. The van der Waals surface area contributed by atoms with Gasteiger partial charge in [0.25, 0.3) is 5.56 Å². The normalized spacial score (nSPS) is 13.0. The van der Waals surface area contributed by atoms with Crippen molar-refractivity contribution in [1.82, 2.24) is 4.57 Å². The molecule has 26 heavy (non-hydrogen) atoms. The molecular formula is C20H15NO5. The summed E-state index contributed by atoms with van der Waals surface area (Å²) in [7, 11) is 3.16. The van der Waals surface area contributed by atoms with Crippen molar-refractivity contribution >= 4 is 32.4 Å². The molecule has 6 nitrogen and oxygen atoms in total. The predicted molar refractivity (Wildman–Crippen MR) is 98.5 cm³/mol. The van der Waals surface area contributed by atoms with Gasteiger partial charge in [-0.05, 0) is 29.7 Å². The van der Waals surface area contributed by atoms with Gasteiger partial charge in [-0.25, -0.2) is 0 Å². The number of pyridine rings is 1. The van der Waals surface area contributed by atoms with Crippen molar-refractivity contribution < 1.29 is 19.3 Å². The number of aromatic hydroxyl groups is 1. The van der Waals surface area contributed by atoms with Crippen LogP contribution in [-0.2, 0) is 7.05 Å². The van der Waals surface area contributed by atoms with Crippen molar-refractivity contribution in [2.24, 2.45) is 7.05 Å². The van der Waals surface area contributed by atoms with Crippen LogP contribution in [0.2, 0.25) is 0 Å². The summed E-state index contributed by atoms with van der Waals surface area (Å²) in [5, 5.41) is 14.1. The van der Waals surface area contributed by atoms with Crippen LogP contribution in [0.3, 0.4) is 0 Å². The summed E-state index contributed by atoms with van der Waals surface area (Å²) >= 11 is 0. The number of ether oxygens (including phenoxy) is 3. The zero-order valence-corrected chi connectivity index (χ0v) is 14.2. The van der Waals surface area contributed by atoms with Crippen LogP contribution in [0.1, 0.15) is 0 Å². The van der Waals surface area contributed by atoms with Crippen LogP contribution in [0.4, 0.5) is 0 Å². The zero-order valence-electron chi connectivity index (χ0n) is 14.2. The Hall–Kier alpha value is -3.41. The molecule has 3 aromatic carbocycles. The van der Waals surface area contributed by atoms with Gasteiger partial charge in [-0.1, -0.05) is 12.1 Å². The van der Waals surface area contributed by atoms with Gasteiger partial charge < -0.3 is 23.9 Å². The third-order valence-corrected chi connectivity index (χ3v) is 4.99. The van der Waals surface area contributed by atoms with E-state index in [2.05, 4.69) is 0 Å². The maximum Gasteiger partial charge on any atom is 0.262 e. The Morgan fingerprint density at radius 3 is 2.54 bits per heavy atom. The van der Waals surface area contributed by atoms with Gasteiger partial charge in [-0.3, -0.25) is 4.79 Å². The molecule has 1 aliphatic rings. The molecule has 2 heterocycles. The number of nitrogens with zero attached hydrogens (tertiary/aromatic N) is 1. The fraction of sp³-hybridized carbons (Fsp3) is 0.150. The van der Waals surface area contributed by atoms with E-state index in [1.807, 2.05) is 24.3 Å². The van der Waals surface area contributed by atoms with Crippen molar-refractivity contribution in [3.05, 3.63) is 46.8 Å². The summed E-state index contributed by atoms with van der Waals surface area (Å²) in [6.07, 6.45) is 0. The molecule has 1 aromatic heterocycles. The Labute approximate surface area is 147 Å². The molecule has 1 N–H and O–H groups in total. The number of rotatable bonds is 1. The van der Waals surface area contributed by atoms with Gasteiger partial charge in [0.2, 0.25) is 6.79 Å². The van der Waals surface area contributed by atoms with Crippen LogP contribution >= 0.6 is 0 Å². The molecule has 0 amide bonds. The number of fused-ring (bicyclic) bond motifs is 6. The molecule has 0 aliphatic carbocycles. The van der Waals surface area contributed by atoms with Gasteiger partial charge in [0.1, 0.15) is 0 Å². The van der Waals surface area contributed by atoms with Crippen LogP contribution in [0, 0.1) is 0 Å². The molecule has 1 aliphatic heterocycles. The highest BCUT2D eigenvalue weighted by atomic mass is 16.7. The molecule has 5 rings (SSSR count). The summed E-state index contributed by atoms with van der Waals surface area (Å²) in [6.45, 7) is 0.194. The van der Waals surface area contributed by atoms with E-state index in [-0.39, 0.29) is 29.2 Å². The highest BCUT2D eigenvalue weighted by molar-refractivity contribution is 6.17. The van der Waals surface area contributed by atoms with Crippen LogP contribution in [-0.4, -0.2) is 23.6 Å². The van der Waals surface area contributed by atoms with Gasteiger partial charge in [0.15, 0.2) is 23.0 Å². The lowest BCUT2D eigenvalue weighted by molar-refractivity contribution is 0.174. The summed E-state index contributed by atoms with van der Waals surface area (Å²) in [4.78, 5) is 13.0. The number of benzene rings is 3. The van der Waals surface area contributed by atoms with E-state index in [1.165, 1.54) is 7.11 Å². The smallest absolute Gasteiger partial charge is 0.262 e. The molecule has 0 atom stereocenters. The van der Waals surface area contributed by atoms with Gasteiger partial charge in [-0.2, -0.15) is 0 Å². The van der Waals surface area contributed by atoms with E-state index < -0.39 is 0 Å². The number of phenolic OH excluding ortho intramolecular Hbond substituents is 1. The molecular weight excluding hydrogens is 334 g/mol. The SMILES string of the molecule is COc1ccc2c(c1O)c(=O)n(C)c1c3cc4c(cc3ccc21)OCO4. The minimum absolute atomic E-state index is 0.140. The minimum Gasteiger partial charge on any atom is -0.504 e. The number of hydrogen-bond donors (Lipinski definition) is 1. The number of hydrogen-bond acceptors (Lipinski definition) is 5. The van der Waals surface area contributed by atoms with Crippen molar-refractivity contribution in [2.45, 2.75) is 0 Å². The standard InChI is InChI=1S/C20H15NO5/c1-21-18-12(11-5-6-14(24-2)19(22)17(11)20(21)23)4-3-10-7-15-16(8-13(10)18)26-9-25-15/h3-8,22H,9H2,1-2H3. The maximum absolute atomic E-state index is 13.0. The van der Waals surface area contributed by atoms with Crippen LogP contribution < -0.4 is 19.8 Å². The average Bonchev–Trinajstić information content (AvgIpc) is 3.10. The van der Waals surface area contributed by atoms with Crippen LogP contribution in [0.25, 0.3) is 32.4 Å². The first kappa shape index (κ1) is 14.9. The highest BCUT2D eigenvalue weighted by Crippen LogP contribution is 2.41. The Morgan fingerprint density at radius 2 is 1.77 bits per heavy atom. The fourth-order valence-electron chi connectivity index (χ4n) is 3.72. The summed E-state index contributed by atoms with van der Waals surface area (Å²) in [6, 6.07) is 11.2. The monoisotopic (exact) mass is 349 g/mol. The van der Waals surface area contributed by atoms with Gasteiger partial charge in [0.05, 0.1) is 18.0 Å². The number of aryl methyl sites for hydroxylation is 1. The molecule has 6 heteroatoms. The van der Waals surface area contributed by atoms with Crippen molar-refractivity contribution in [2.75, 3.05) is 13.9 Å². The average molecular weight is 349 g/mol. The Balaban J connectivity index is 2.02. The first-order valence-corrected chi connectivity index (χ1v) is 8.15. The first-order valence-electron chi connectivity index (χ1n) is 8.15. The van der Waals surface area contributed by atoms with Crippen LogP contribution in [0.5, 0.6) is 23.0 Å². The second kappa shape index (κ2) is 5.05. The summed E-state index contributed by atoms with van der Waals surface area (Å²) < 4.78 is 17.7. The molecule has 0 saturated heterocycles. The van der Waals surface area contributed by atoms with E-state index in [9.17, 15) is 9.90 Å². The molecule has 0 saturated carbocycles. The lowest BCUT2D eigenvalue weighted by Crippen LogP contribution is -2.17. The molecule has 4 aromatic rings. The quantitative estimate of drug-likeness (QED) is 0.534. The molecule has 0 bridgehead atoms. The topological polar surface area (TPSA) is 69.9 Å². The molecule has 0 spiro atoms.